The molecule has 0 aliphatic heterocycles. The summed E-state index contributed by atoms with van der Waals surface area (Å²) in [5.74, 6) is 0.0738. The van der Waals surface area contributed by atoms with Crippen molar-refractivity contribution in [2.45, 2.75) is 26.3 Å². The molecule has 0 spiro atoms. The first-order valence-corrected chi connectivity index (χ1v) is 6.13. The second-order valence-electron chi connectivity index (χ2n) is 4.85. The van der Waals surface area contributed by atoms with Gasteiger partial charge in [-0.1, -0.05) is 0 Å². The van der Waals surface area contributed by atoms with E-state index in [9.17, 15) is 4.79 Å². The first-order valence-electron chi connectivity index (χ1n) is 6.13. The lowest BCUT2D eigenvalue weighted by Gasteiger charge is -2.11. The average molecular weight is 299 g/mol. The number of benzene rings is 1. The number of nitrogen functional groups attached to an aromatic ring is 1. The fourth-order valence-electron chi connectivity index (χ4n) is 2.03. The van der Waals surface area contributed by atoms with Crippen LogP contribution in [0.2, 0.25) is 0 Å². The summed E-state index contributed by atoms with van der Waals surface area (Å²) in [5, 5.41) is 9.47. The van der Waals surface area contributed by atoms with Crippen molar-refractivity contribution in [3.05, 3.63) is 39.0 Å². The summed E-state index contributed by atoms with van der Waals surface area (Å²) in [6.45, 7) is 3.67. The molecular formula is C14H19ClN2O3. The topological polar surface area (TPSA) is 102 Å². The van der Waals surface area contributed by atoms with Crippen LogP contribution in [0.3, 0.4) is 0 Å². The maximum absolute atomic E-state index is 12.4. The van der Waals surface area contributed by atoms with Crippen LogP contribution in [0.5, 0.6) is 0 Å². The zero-order chi connectivity index (χ0) is 14.2. The molecule has 5 N–H and O–H groups in total. The lowest BCUT2D eigenvalue weighted by atomic mass is 10.0. The van der Waals surface area contributed by atoms with Gasteiger partial charge in [0.15, 0.2) is 11.3 Å². The van der Waals surface area contributed by atoms with Crippen molar-refractivity contribution in [2.24, 2.45) is 5.73 Å². The molecule has 0 fully saturated rings. The summed E-state index contributed by atoms with van der Waals surface area (Å²) in [4.78, 5) is 12.4. The van der Waals surface area contributed by atoms with Gasteiger partial charge in [-0.15, -0.1) is 12.4 Å². The molecule has 20 heavy (non-hydrogen) atoms. The molecule has 1 aromatic carbocycles. The van der Waals surface area contributed by atoms with Gasteiger partial charge in [0.1, 0.15) is 5.58 Å². The van der Waals surface area contributed by atoms with E-state index >= 15 is 0 Å². The van der Waals surface area contributed by atoms with Gasteiger partial charge in [0.2, 0.25) is 0 Å². The first kappa shape index (κ1) is 16.5. The monoisotopic (exact) mass is 298 g/mol. The molecule has 0 saturated heterocycles. The number of nitrogens with two attached hydrogens (primary N) is 2. The van der Waals surface area contributed by atoms with Gasteiger partial charge in [-0.25, -0.2) is 0 Å². The van der Waals surface area contributed by atoms with E-state index in [1.165, 1.54) is 0 Å². The summed E-state index contributed by atoms with van der Waals surface area (Å²) in [7, 11) is 0. The zero-order valence-corrected chi connectivity index (χ0v) is 12.3. The Morgan fingerprint density at radius 2 is 1.90 bits per heavy atom. The molecule has 0 saturated carbocycles. The number of hydrogen-bond donors (Lipinski definition) is 3. The molecule has 2 rings (SSSR count). The Bertz CT molecular complexity index is 682. The van der Waals surface area contributed by atoms with E-state index in [2.05, 4.69) is 0 Å². The van der Waals surface area contributed by atoms with Crippen molar-refractivity contribution in [1.82, 2.24) is 0 Å². The molecule has 110 valence electrons. The molecule has 1 atom stereocenters. The third-order valence-electron chi connectivity index (χ3n) is 3.33. The Labute approximate surface area is 123 Å². The van der Waals surface area contributed by atoms with Gasteiger partial charge >= 0.3 is 0 Å². The van der Waals surface area contributed by atoms with Crippen LogP contribution in [0.4, 0.5) is 5.88 Å². The third-order valence-corrected chi connectivity index (χ3v) is 3.33. The molecule has 1 heterocycles. The summed E-state index contributed by atoms with van der Waals surface area (Å²) < 4.78 is 5.50. The van der Waals surface area contributed by atoms with Crippen LogP contribution in [0.25, 0.3) is 11.0 Å². The Balaban J connectivity index is 0.00000200. The highest BCUT2D eigenvalue weighted by molar-refractivity contribution is 5.85. The van der Waals surface area contributed by atoms with Crippen LogP contribution in [-0.2, 0) is 6.42 Å². The smallest absolute Gasteiger partial charge is 0.198 e. The molecular weight excluding hydrogens is 280 g/mol. The standard InChI is InChI=1S/C14H18N2O3.ClH/c1-7-3-10-12(4-8(7)2)19-14(16)11(13(10)18)5-9(15)6-17;/h3-4,9,17H,5-6,15-16H2,1-2H3;1H. The summed E-state index contributed by atoms with van der Waals surface area (Å²) in [6, 6.07) is 3.08. The highest BCUT2D eigenvalue weighted by Crippen LogP contribution is 2.21. The molecule has 1 unspecified atom stereocenters. The minimum Gasteiger partial charge on any atom is -0.440 e. The van der Waals surface area contributed by atoms with Gasteiger partial charge in [-0.2, -0.15) is 0 Å². The van der Waals surface area contributed by atoms with Gasteiger partial charge < -0.3 is 21.0 Å². The van der Waals surface area contributed by atoms with E-state index in [1.807, 2.05) is 13.8 Å². The van der Waals surface area contributed by atoms with Crippen LogP contribution in [0.15, 0.2) is 21.3 Å². The molecule has 2 aromatic rings. The fourth-order valence-corrected chi connectivity index (χ4v) is 2.03. The summed E-state index contributed by atoms with van der Waals surface area (Å²) in [5.41, 5.74) is 14.1. The van der Waals surface area contributed by atoms with Crippen molar-refractivity contribution in [3.8, 4) is 0 Å². The molecule has 0 bridgehead atoms. The van der Waals surface area contributed by atoms with Crippen molar-refractivity contribution in [1.29, 1.82) is 0 Å². The number of rotatable bonds is 3. The molecule has 1 aromatic heterocycles. The number of aliphatic hydroxyl groups excluding tert-OH is 1. The Morgan fingerprint density at radius 1 is 1.30 bits per heavy atom. The zero-order valence-electron chi connectivity index (χ0n) is 11.5. The van der Waals surface area contributed by atoms with E-state index in [1.54, 1.807) is 12.1 Å². The first-order chi connectivity index (χ1) is 8.93. The quantitative estimate of drug-likeness (QED) is 0.792. The number of halogens is 1. The molecule has 0 radical (unpaired) electrons. The van der Waals surface area contributed by atoms with Crippen LogP contribution >= 0.6 is 12.4 Å². The van der Waals surface area contributed by atoms with Crippen LogP contribution in [0, 0.1) is 13.8 Å². The average Bonchev–Trinajstić information content (AvgIpc) is 2.37. The molecule has 0 aliphatic rings. The minimum atomic E-state index is -0.519. The lowest BCUT2D eigenvalue weighted by molar-refractivity contribution is 0.265. The minimum absolute atomic E-state index is 0. The molecule has 0 aliphatic carbocycles. The van der Waals surface area contributed by atoms with Gasteiger partial charge in [0.05, 0.1) is 17.6 Å². The SMILES string of the molecule is Cc1cc2oc(N)c(CC(N)CO)c(=O)c2cc1C.Cl. The van der Waals surface area contributed by atoms with Gasteiger partial charge in [-0.05, 0) is 43.5 Å². The van der Waals surface area contributed by atoms with E-state index in [-0.39, 0.29) is 36.7 Å². The highest BCUT2D eigenvalue weighted by atomic mass is 35.5. The maximum atomic E-state index is 12.4. The van der Waals surface area contributed by atoms with Crippen molar-refractivity contribution >= 4 is 29.3 Å². The second-order valence-corrected chi connectivity index (χ2v) is 4.85. The van der Waals surface area contributed by atoms with Crippen LogP contribution < -0.4 is 16.9 Å². The van der Waals surface area contributed by atoms with Gasteiger partial charge in [-0.3, -0.25) is 4.79 Å². The summed E-state index contributed by atoms with van der Waals surface area (Å²) in [6.07, 6.45) is 0.202. The number of aryl methyl sites for hydroxylation is 2. The Hall–Kier alpha value is -1.56. The van der Waals surface area contributed by atoms with E-state index in [0.717, 1.165) is 11.1 Å². The number of aliphatic hydroxyl groups is 1. The fraction of sp³-hybridized carbons (Fsp3) is 0.357. The van der Waals surface area contributed by atoms with Gasteiger partial charge in [0.25, 0.3) is 0 Å². The molecule has 6 heteroatoms. The Kier molecular flexibility index (Phi) is 5.16. The van der Waals surface area contributed by atoms with E-state index in [0.29, 0.717) is 16.5 Å². The molecule has 0 amide bonds. The molecule has 5 nitrogen and oxygen atoms in total. The van der Waals surface area contributed by atoms with Crippen molar-refractivity contribution in [3.63, 3.8) is 0 Å². The van der Waals surface area contributed by atoms with Crippen LogP contribution in [0.1, 0.15) is 16.7 Å². The van der Waals surface area contributed by atoms with Crippen molar-refractivity contribution in [2.75, 3.05) is 12.3 Å². The third kappa shape index (κ3) is 2.95. The highest BCUT2D eigenvalue weighted by Gasteiger charge is 2.15. The maximum Gasteiger partial charge on any atom is 0.198 e. The van der Waals surface area contributed by atoms with Crippen LogP contribution in [-0.4, -0.2) is 17.8 Å². The Morgan fingerprint density at radius 3 is 2.50 bits per heavy atom. The van der Waals surface area contributed by atoms with Crippen molar-refractivity contribution < 1.29 is 9.52 Å². The predicted octanol–water partition coefficient (Wildman–Crippen LogP) is 1.28. The largest absolute Gasteiger partial charge is 0.440 e. The normalized spacial score (nSPS) is 12.2. The van der Waals surface area contributed by atoms with E-state index < -0.39 is 6.04 Å². The summed E-state index contributed by atoms with van der Waals surface area (Å²) >= 11 is 0. The van der Waals surface area contributed by atoms with Gasteiger partial charge in [0, 0.05) is 6.04 Å². The predicted molar refractivity (Wildman–Crippen MR) is 82.4 cm³/mol. The second kappa shape index (κ2) is 6.26. The lowest BCUT2D eigenvalue weighted by Crippen LogP contribution is -2.30. The number of hydrogen-bond acceptors (Lipinski definition) is 5. The van der Waals surface area contributed by atoms with E-state index in [4.69, 9.17) is 21.0 Å². The number of anilines is 1. The number of fused-ring (bicyclic) bond motifs is 1.